The van der Waals surface area contributed by atoms with Gasteiger partial charge in [-0.3, -0.25) is 0 Å². The van der Waals surface area contributed by atoms with Gasteiger partial charge in [-0.25, -0.2) is 4.98 Å². The van der Waals surface area contributed by atoms with E-state index < -0.39 is 0 Å². The van der Waals surface area contributed by atoms with Gasteiger partial charge in [0.15, 0.2) is 6.39 Å². The molecule has 4 saturated carbocycles. The van der Waals surface area contributed by atoms with Crippen molar-refractivity contribution in [1.82, 2.24) is 4.98 Å². The molecular weight excluding hydrogens is 234 g/mol. The number of halogens is 1. The van der Waals surface area contributed by atoms with Crippen molar-refractivity contribution >= 4 is 11.6 Å². The fraction of sp³-hybridized carbons (Fsp3) is 0.786. The van der Waals surface area contributed by atoms with Crippen molar-refractivity contribution < 1.29 is 4.42 Å². The molecule has 1 aromatic heterocycles. The van der Waals surface area contributed by atoms with Crippen LogP contribution in [0.3, 0.4) is 0 Å². The quantitative estimate of drug-likeness (QED) is 0.746. The van der Waals surface area contributed by atoms with Gasteiger partial charge in [-0.1, -0.05) is 0 Å². The Morgan fingerprint density at radius 3 is 2.29 bits per heavy atom. The molecule has 1 heterocycles. The number of hydrogen-bond acceptors (Lipinski definition) is 2. The van der Waals surface area contributed by atoms with Crippen LogP contribution >= 0.6 is 11.6 Å². The summed E-state index contributed by atoms with van der Waals surface area (Å²) in [5.41, 5.74) is 1.30. The third-order valence-corrected chi connectivity index (χ3v) is 5.54. The maximum Gasteiger partial charge on any atom is 0.181 e. The third-order valence-electron chi connectivity index (χ3n) is 5.29. The second-order valence-corrected chi connectivity index (χ2v) is 6.73. The largest absolute Gasteiger partial charge is 0.448 e. The number of aromatic nitrogens is 1. The lowest BCUT2D eigenvalue weighted by Gasteiger charge is -2.55. The number of alkyl halides is 1. The van der Waals surface area contributed by atoms with Crippen LogP contribution in [-0.2, 0) is 11.3 Å². The summed E-state index contributed by atoms with van der Waals surface area (Å²) in [6.07, 6.45) is 9.93. The van der Waals surface area contributed by atoms with E-state index >= 15 is 0 Å². The number of hydrogen-bond donors (Lipinski definition) is 0. The van der Waals surface area contributed by atoms with Crippen molar-refractivity contribution in [2.75, 3.05) is 0 Å². The molecule has 4 aliphatic rings. The number of oxazole rings is 1. The molecule has 4 aliphatic carbocycles. The third kappa shape index (κ3) is 1.43. The highest BCUT2D eigenvalue weighted by atomic mass is 35.5. The Morgan fingerprint density at radius 1 is 1.18 bits per heavy atom. The molecule has 1 aromatic rings. The predicted octanol–water partition coefficient (Wildman–Crippen LogP) is 3.88. The van der Waals surface area contributed by atoms with E-state index in [4.69, 9.17) is 16.0 Å². The zero-order valence-electron chi connectivity index (χ0n) is 9.99. The minimum Gasteiger partial charge on any atom is -0.448 e. The number of nitrogens with zero attached hydrogens (tertiary/aromatic N) is 1. The van der Waals surface area contributed by atoms with Crippen molar-refractivity contribution in [3.8, 4) is 0 Å². The molecular formula is C14H18ClNO. The minimum absolute atomic E-state index is 0.301. The second kappa shape index (κ2) is 3.50. The van der Waals surface area contributed by atoms with E-state index in [0.717, 1.165) is 29.2 Å². The van der Waals surface area contributed by atoms with E-state index in [2.05, 4.69) is 4.98 Å². The highest BCUT2D eigenvalue weighted by Crippen LogP contribution is 2.61. The van der Waals surface area contributed by atoms with Crippen molar-refractivity contribution in [2.45, 2.75) is 49.8 Å². The van der Waals surface area contributed by atoms with Crippen LogP contribution in [0.15, 0.2) is 10.8 Å². The molecule has 0 aromatic carbocycles. The molecule has 0 atom stereocenters. The van der Waals surface area contributed by atoms with Crippen LogP contribution in [-0.4, -0.2) is 4.98 Å². The molecule has 92 valence electrons. The molecule has 4 fully saturated rings. The summed E-state index contributed by atoms with van der Waals surface area (Å²) in [4.78, 5) is 4.29. The highest BCUT2D eigenvalue weighted by Gasteiger charge is 2.53. The lowest BCUT2D eigenvalue weighted by atomic mass is 9.49. The van der Waals surface area contributed by atoms with Crippen molar-refractivity contribution in [2.24, 2.45) is 17.8 Å². The fourth-order valence-electron chi connectivity index (χ4n) is 5.18. The van der Waals surface area contributed by atoms with Crippen LogP contribution in [0.25, 0.3) is 0 Å². The summed E-state index contributed by atoms with van der Waals surface area (Å²) in [6.45, 7) is 0. The predicted molar refractivity (Wildman–Crippen MR) is 65.9 cm³/mol. The molecule has 0 radical (unpaired) electrons. The molecule has 0 amide bonds. The van der Waals surface area contributed by atoms with Crippen LogP contribution < -0.4 is 0 Å². The average Bonchev–Trinajstić information content (AvgIpc) is 2.75. The van der Waals surface area contributed by atoms with Gasteiger partial charge in [0, 0.05) is 5.41 Å². The standard InChI is InChI=1S/C14H18ClNO/c15-7-12-13(17-8-16-12)14-4-9-1-10(5-14)3-11(2-9)6-14/h8-11H,1-7H2. The van der Waals surface area contributed by atoms with Gasteiger partial charge in [0.2, 0.25) is 0 Å². The molecule has 5 rings (SSSR count). The Morgan fingerprint density at radius 2 is 1.76 bits per heavy atom. The van der Waals surface area contributed by atoms with E-state index in [1.54, 1.807) is 6.39 Å². The summed E-state index contributed by atoms with van der Waals surface area (Å²) >= 11 is 5.99. The molecule has 17 heavy (non-hydrogen) atoms. The van der Waals surface area contributed by atoms with Crippen molar-refractivity contribution in [1.29, 1.82) is 0 Å². The minimum atomic E-state index is 0.301. The smallest absolute Gasteiger partial charge is 0.181 e. The Bertz CT molecular complexity index is 404. The monoisotopic (exact) mass is 251 g/mol. The van der Waals surface area contributed by atoms with E-state index in [1.807, 2.05) is 0 Å². The molecule has 2 nitrogen and oxygen atoms in total. The first-order valence-corrected chi connectivity index (χ1v) is 7.31. The van der Waals surface area contributed by atoms with E-state index in [-0.39, 0.29) is 0 Å². The van der Waals surface area contributed by atoms with Gasteiger partial charge in [0.05, 0.1) is 11.6 Å². The average molecular weight is 252 g/mol. The lowest BCUT2D eigenvalue weighted by molar-refractivity contribution is -0.0155. The first kappa shape index (κ1) is 10.4. The van der Waals surface area contributed by atoms with Crippen LogP contribution in [0, 0.1) is 17.8 Å². The fourth-order valence-corrected chi connectivity index (χ4v) is 5.37. The second-order valence-electron chi connectivity index (χ2n) is 6.46. The first-order valence-electron chi connectivity index (χ1n) is 6.78. The van der Waals surface area contributed by atoms with Crippen LogP contribution in [0.4, 0.5) is 0 Å². The van der Waals surface area contributed by atoms with Crippen LogP contribution in [0.5, 0.6) is 0 Å². The molecule has 0 saturated heterocycles. The Labute approximate surface area is 107 Å². The summed E-state index contributed by atoms with van der Waals surface area (Å²) in [5.74, 6) is 4.44. The van der Waals surface area contributed by atoms with E-state index in [0.29, 0.717) is 11.3 Å². The summed E-state index contributed by atoms with van der Waals surface area (Å²) < 4.78 is 5.74. The van der Waals surface area contributed by atoms with Gasteiger partial charge in [-0.2, -0.15) is 0 Å². The van der Waals surface area contributed by atoms with Gasteiger partial charge in [0.1, 0.15) is 5.76 Å². The van der Waals surface area contributed by atoms with E-state index in [9.17, 15) is 0 Å². The maximum atomic E-state index is 5.99. The SMILES string of the molecule is ClCc1ncoc1C12CC3CC(CC(C3)C1)C2. The van der Waals surface area contributed by atoms with Gasteiger partial charge < -0.3 is 4.42 Å². The van der Waals surface area contributed by atoms with Crippen molar-refractivity contribution in [3.05, 3.63) is 17.8 Å². The topological polar surface area (TPSA) is 26.0 Å². The van der Waals surface area contributed by atoms with Gasteiger partial charge >= 0.3 is 0 Å². The molecule has 0 spiro atoms. The highest BCUT2D eigenvalue weighted by molar-refractivity contribution is 6.16. The normalized spacial score (nSPS) is 43.2. The van der Waals surface area contributed by atoms with Crippen LogP contribution in [0.1, 0.15) is 50.0 Å². The molecule has 4 bridgehead atoms. The summed E-state index contributed by atoms with van der Waals surface area (Å²) in [7, 11) is 0. The molecule has 0 aliphatic heterocycles. The molecule has 3 heteroatoms. The summed E-state index contributed by atoms with van der Waals surface area (Å²) in [6, 6.07) is 0. The van der Waals surface area contributed by atoms with Gasteiger partial charge in [-0.05, 0) is 56.3 Å². The van der Waals surface area contributed by atoms with E-state index in [1.165, 1.54) is 38.5 Å². The molecule has 0 unspecified atom stereocenters. The van der Waals surface area contributed by atoms with Crippen molar-refractivity contribution in [3.63, 3.8) is 0 Å². The summed E-state index contributed by atoms with van der Waals surface area (Å²) in [5, 5.41) is 0. The lowest BCUT2D eigenvalue weighted by Crippen LogP contribution is -2.48. The number of rotatable bonds is 2. The van der Waals surface area contributed by atoms with Gasteiger partial charge in [0.25, 0.3) is 0 Å². The zero-order chi connectivity index (χ0) is 11.5. The molecule has 0 N–H and O–H groups in total. The first-order chi connectivity index (χ1) is 8.29. The Kier molecular flexibility index (Phi) is 2.15. The van der Waals surface area contributed by atoms with Crippen LogP contribution in [0.2, 0.25) is 0 Å². The Hall–Kier alpha value is -0.500. The maximum absolute atomic E-state index is 5.99. The zero-order valence-corrected chi connectivity index (χ0v) is 10.7. The Balaban J connectivity index is 1.77. The van der Waals surface area contributed by atoms with Gasteiger partial charge in [-0.15, -0.1) is 11.6 Å².